The predicted molar refractivity (Wildman–Crippen MR) is 95.6 cm³/mol. The summed E-state index contributed by atoms with van der Waals surface area (Å²) in [5, 5.41) is 14.1. The smallest absolute Gasteiger partial charge is 0.276 e. The second-order valence-electron chi connectivity index (χ2n) is 5.57. The molecule has 1 heterocycles. The number of carbonyl (C=O) groups excluding carboxylic acids is 1. The molecule has 1 aromatic heterocycles. The van der Waals surface area contributed by atoms with Gasteiger partial charge < -0.3 is 10.6 Å². The minimum absolute atomic E-state index is 0.273. The van der Waals surface area contributed by atoms with E-state index in [1.54, 1.807) is 12.1 Å². The summed E-state index contributed by atoms with van der Waals surface area (Å²) in [6.45, 7) is 3.94. The van der Waals surface area contributed by atoms with Gasteiger partial charge in [0.1, 0.15) is 0 Å². The molecule has 0 bridgehead atoms. The molecule has 0 unspecified atom stereocenters. The lowest BCUT2D eigenvalue weighted by Gasteiger charge is -2.09. The van der Waals surface area contributed by atoms with Crippen molar-refractivity contribution in [3.05, 3.63) is 77.5 Å². The zero-order valence-corrected chi connectivity index (χ0v) is 13.6. The Labute approximate surface area is 140 Å². The fourth-order valence-electron chi connectivity index (χ4n) is 2.25. The second kappa shape index (κ2) is 6.91. The van der Waals surface area contributed by atoms with Crippen molar-refractivity contribution >= 4 is 23.1 Å². The van der Waals surface area contributed by atoms with Gasteiger partial charge in [0.2, 0.25) is 0 Å². The van der Waals surface area contributed by atoms with Crippen molar-refractivity contribution in [1.82, 2.24) is 10.2 Å². The van der Waals surface area contributed by atoms with Crippen molar-refractivity contribution in [3.63, 3.8) is 0 Å². The van der Waals surface area contributed by atoms with Crippen molar-refractivity contribution in [2.45, 2.75) is 13.8 Å². The first kappa shape index (κ1) is 15.7. The minimum Gasteiger partial charge on any atom is -0.339 e. The van der Waals surface area contributed by atoms with Gasteiger partial charge in [0, 0.05) is 11.4 Å². The molecule has 3 rings (SSSR count). The zero-order valence-electron chi connectivity index (χ0n) is 13.6. The Hall–Kier alpha value is -3.21. The van der Waals surface area contributed by atoms with E-state index in [-0.39, 0.29) is 11.6 Å². The highest BCUT2D eigenvalue weighted by atomic mass is 16.1. The SMILES string of the molecule is Cc1ccc(C)c(NC(=O)c2ccc(Nc3ccccc3)nn2)c1. The van der Waals surface area contributed by atoms with Crippen molar-refractivity contribution in [2.75, 3.05) is 10.6 Å². The van der Waals surface area contributed by atoms with Gasteiger partial charge in [-0.05, 0) is 55.3 Å². The van der Waals surface area contributed by atoms with Gasteiger partial charge in [-0.2, -0.15) is 0 Å². The number of rotatable bonds is 4. The summed E-state index contributed by atoms with van der Waals surface area (Å²) in [6.07, 6.45) is 0. The molecule has 0 saturated carbocycles. The summed E-state index contributed by atoms with van der Waals surface area (Å²) in [6, 6.07) is 19.0. The van der Waals surface area contributed by atoms with Crippen LogP contribution in [0.4, 0.5) is 17.2 Å². The molecule has 0 atom stereocenters. The van der Waals surface area contributed by atoms with E-state index in [2.05, 4.69) is 20.8 Å². The highest BCUT2D eigenvalue weighted by molar-refractivity contribution is 6.03. The van der Waals surface area contributed by atoms with E-state index >= 15 is 0 Å². The number of aromatic nitrogens is 2. The predicted octanol–water partition coefficient (Wildman–Crippen LogP) is 4.09. The molecule has 0 spiro atoms. The fourth-order valence-corrected chi connectivity index (χ4v) is 2.25. The van der Waals surface area contributed by atoms with Crippen LogP contribution in [0.15, 0.2) is 60.7 Å². The van der Waals surface area contributed by atoms with Crippen LogP contribution in [0.3, 0.4) is 0 Å². The van der Waals surface area contributed by atoms with E-state index in [1.807, 2.05) is 62.4 Å². The van der Waals surface area contributed by atoms with E-state index in [4.69, 9.17) is 0 Å². The Morgan fingerprint density at radius 1 is 0.917 bits per heavy atom. The standard InChI is InChI=1S/C19H18N4O/c1-13-8-9-14(2)17(12-13)21-19(24)16-10-11-18(23-22-16)20-15-6-4-3-5-7-15/h3-12H,1-2H3,(H,20,23)(H,21,24). The molecule has 5 nitrogen and oxygen atoms in total. The monoisotopic (exact) mass is 318 g/mol. The molecule has 0 saturated heterocycles. The van der Waals surface area contributed by atoms with Gasteiger partial charge in [-0.1, -0.05) is 30.3 Å². The summed E-state index contributed by atoms with van der Waals surface area (Å²) in [5.74, 6) is 0.312. The van der Waals surface area contributed by atoms with Gasteiger partial charge in [-0.15, -0.1) is 10.2 Å². The lowest BCUT2D eigenvalue weighted by Crippen LogP contribution is -2.15. The van der Waals surface area contributed by atoms with Gasteiger partial charge >= 0.3 is 0 Å². The summed E-state index contributed by atoms with van der Waals surface area (Å²) in [7, 11) is 0. The Balaban J connectivity index is 1.71. The van der Waals surface area contributed by atoms with Gasteiger partial charge in [-0.25, -0.2) is 0 Å². The van der Waals surface area contributed by atoms with Crippen molar-refractivity contribution in [1.29, 1.82) is 0 Å². The third-order valence-corrected chi connectivity index (χ3v) is 3.58. The van der Waals surface area contributed by atoms with E-state index in [0.717, 1.165) is 22.5 Å². The minimum atomic E-state index is -0.275. The molecule has 5 heteroatoms. The maximum absolute atomic E-state index is 12.3. The normalized spacial score (nSPS) is 10.2. The molecule has 0 aliphatic heterocycles. The first-order chi connectivity index (χ1) is 11.6. The Morgan fingerprint density at radius 3 is 2.42 bits per heavy atom. The van der Waals surface area contributed by atoms with E-state index in [1.165, 1.54) is 0 Å². The highest BCUT2D eigenvalue weighted by Gasteiger charge is 2.10. The fraction of sp³-hybridized carbons (Fsp3) is 0.105. The molecule has 0 aliphatic carbocycles. The number of nitrogens with one attached hydrogen (secondary N) is 2. The molecular weight excluding hydrogens is 300 g/mol. The van der Waals surface area contributed by atoms with Crippen LogP contribution in [-0.4, -0.2) is 16.1 Å². The van der Waals surface area contributed by atoms with Gasteiger partial charge in [0.25, 0.3) is 5.91 Å². The summed E-state index contributed by atoms with van der Waals surface area (Å²) in [5.41, 5.74) is 4.07. The number of nitrogens with zero attached hydrogens (tertiary/aromatic N) is 2. The molecule has 24 heavy (non-hydrogen) atoms. The molecule has 120 valence electrons. The Bertz CT molecular complexity index is 845. The maximum Gasteiger partial charge on any atom is 0.276 e. The van der Waals surface area contributed by atoms with Crippen LogP contribution >= 0.6 is 0 Å². The summed E-state index contributed by atoms with van der Waals surface area (Å²) < 4.78 is 0. The molecule has 3 aromatic rings. The number of hydrogen-bond acceptors (Lipinski definition) is 4. The average Bonchev–Trinajstić information content (AvgIpc) is 2.60. The summed E-state index contributed by atoms with van der Waals surface area (Å²) in [4.78, 5) is 12.3. The molecule has 0 radical (unpaired) electrons. The van der Waals surface area contributed by atoms with Crippen molar-refractivity contribution in [3.8, 4) is 0 Å². The van der Waals surface area contributed by atoms with E-state index in [9.17, 15) is 4.79 Å². The largest absolute Gasteiger partial charge is 0.339 e. The lowest BCUT2D eigenvalue weighted by atomic mass is 10.1. The number of amides is 1. The van der Waals surface area contributed by atoms with Crippen LogP contribution < -0.4 is 10.6 Å². The van der Waals surface area contributed by atoms with Crippen LogP contribution in [0.5, 0.6) is 0 Å². The van der Waals surface area contributed by atoms with Crippen molar-refractivity contribution in [2.24, 2.45) is 0 Å². The molecule has 1 amide bonds. The topological polar surface area (TPSA) is 66.9 Å². The van der Waals surface area contributed by atoms with Crippen molar-refractivity contribution < 1.29 is 4.79 Å². The van der Waals surface area contributed by atoms with Crippen LogP contribution in [0.25, 0.3) is 0 Å². The Morgan fingerprint density at radius 2 is 1.71 bits per heavy atom. The van der Waals surface area contributed by atoms with Crippen LogP contribution in [0.2, 0.25) is 0 Å². The lowest BCUT2D eigenvalue weighted by molar-refractivity contribution is 0.102. The molecule has 2 N–H and O–H groups in total. The maximum atomic E-state index is 12.3. The van der Waals surface area contributed by atoms with E-state index in [0.29, 0.717) is 5.82 Å². The molecular formula is C19H18N4O. The second-order valence-corrected chi connectivity index (χ2v) is 5.57. The third-order valence-electron chi connectivity index (χ3n) is 3.58. The zero-order chi connectivity index (χ0) is 16.9. The van der Waals surface area contributed by atoms with Gasteiger partial charge in [0.15, 0.2) is 11.5 Å². The quantitative estimate of drug-likeness (QED) is 0.760. The van der Waals surface area contributed by atoms with Gasteiger partial charge in [0.05, 0.1) is 0 Å². The number of aryl methyl sites for hydroxylation is 2. The summed E-state index contributed by atoms with van der Waals surface area (Å²) >= 11 is 0. The van der Waals surface area contributed by atoms with Crippen LogP contribution in [0, 0.1) is 13.8 Å². The number of carbonyl (C=O) groups is 1. The van der Waals surface area contributed by atoms with Gasteiger partial charge in [-0.3, -0.25) is 4.79 Å². The molecule has 0 aliphatic rings. The Kier molecular flexibility index (Phi) is 4.52. The molecule has 2 aromatic carbocycles. The molecule has 0 fully saturated rings. The first-order valence-corrected chi connectivity index (χ1v) is 7.66. The number of para-hydroxylation sites is 1. The first-order valence-electron chi connectivity index (χ1n) is 7.66. The number of hydrogen-bond donors (Lipinski definition) is 2. The highest BCUT2D eigenvalue weighted by Crippen LogP contribution is 2.17. The third kappa shape index (κ3) is 3.76. The van der Waals surface area contributed by atoms with E-state index < -0.39 is 0 Å². The average molecular weight is 318 g/mol. The number of benzene rings is 2. The van der Waals surface area contributed by atoms with Crippen LogP contribution in [0.1, 0.15) is 21.6 Å². The van der Waals surface area contributed by atoms with Crippen LogP contribution in [-0.2, 0) is 0 Å². The number of anilines is 3.